The van der Waals surface area contributed by atoms with Crippen LogP contribution in [0, 0.1) is 0 Å². The molecule has 5 nitrogen and oxygen atoms in total. The van der Waals surface area contributed by atoms with Gasteiger partial charge >= 0.3 is 0 Å². The lowest BCUT2D eigenvalue weighted by molar-refractivity contribution is 0.564. The average Bonchev–Trinajstić information content (AvgIpc) is 3.10. The van der Waals surface area contributed by atoms with Crippen molar-refractivity contribution in [1.82, 2.24) is 4.58 Å². The van der Waals surface area contributed by atoms with E-state index in [0.29, 0.717) is 4.90 Å². The minimum Gasteiger partial charge on any atom is -0.456 e. The Morgan fingerprint density at radius 1 is 0.766 bits per heavy atom. The highest BCUT2D eigenvalue weighted by Crippen LogP contribution is 2.42. The van der Waals surface area contributed by atoms with Gasteiger partial charge in [0.05, 0.1) is 16.7 Å². The fourth-order valence-electron chi connectivity index (χ4n) is 5.79. The number of fused-ring (bicyclic) bond motifs is 2. The second kappa shape index (κ2) is 15.8. The Morgan fingerprint density at radius 2 is 1.45 bits per heavy atom. The second-order valence-electron chi connectivity index (χ2n) is 11.3. The highest BCUT2D eigenvalue weighted by Gasteiger charge is 2.22. The van der Waals surface area contributed by atoms with Crippen molar-refractivity contribution in [3.05, 3.63) is 127 Å². The van der Waals surface area contributed by atoms with Gasteiger partial charge in [-0.15, -0.1) is 23.5 Å². The predicted molar refractivity (Wildman–Crippen MR) is 200 cm³/mol. The molecule has 4 aromatic rings. The van der Waals surface area contributed by atoms with E-state index in [1.54, 1.807) is 12.1 Å². The van der Waals surface area contributed by atoms with Gasteiger partial charge in [-0.1, -0.05) is 61.5 Å². The summed E-state index contributed by atoms with van der Waals surface area (Å²) in [5.74, 6) is 2.66. The van der Waals surface area contributed by atoms with Gasteiger partial charge in [0.25, 0.3) is 0 Å². The van der Waals surface area contributed by atoms with E-state index < -0.39 is 11.1 Å². The predicted octanol–water partition coefficient (Wildman–Crippen LogP) is 8.99. The largest absolute Gasteiger partial charge is 0.456 e. The Kier molecular flexibility index (Phi) is 11.2. The third-order valence-corrected chi connectivity index (χ3v) is 10.9. The van der Waals surface area contributed by atoms with Gasteiger partial charge in [0.15, 0.2) is 17.6 Å². The minimum atomic E-state index is -2.14. The van der Waals surface area contributed by atoms with Gasteiger partial charge in [0.2, 0.25) is 5.36 Å². The maximum absolute atomic E-state index is 12.5. The maximum Gasteiger partial charge on any atom is 0.203 e. The molecule has 240 valence electrons. The van der Waals surface area contributed by atoms with E-state index in [4.69, 9.17) is 4.42 Å². The van der Waals surface area contributed by atoms with Crippen molar-refractivity contribution in [2.24, 2.45) is 0 Å². The number of anilines is 1. The fourth-order valence-corrected chi connectivity index (χ4v) is 8.19. The Balaban J connectivity index is 1.41. The van der Waals surface area contributed by atoms with Crippen LogP contribution in [0.5, 0.6) is 0 Å². The van der Waals surface area contributed by atoms with Gasteiger partial charge in [-0.05, 0) is 55.0 Å². The molecule has 0 radical (unpaired) electrons. The molecule has 0 saturated carbocycles. The topological polar surface area (TPSA) is 56.7 Å². The SMILES string of the molecule is CCCN(CCSc1ccccc1)c1ccc2c(-c3ccccc3S(=O)O)c3ccc(=[N+](C)CCSc4ccccc4)cc-3oc2c1. The second-order valence-corrected chi connectivity index (χ2v) is 14.6. The third kappa shape index (κ3) is 8.01. The fraction of sp³-hybridized carbons (Fsp3) is 0.205. The molecule has 47 heavy (non-hydrogen) atoms. The van der Waals surface area contributed by atoms with Crippen molar-refractivity contribution < 1.29 is 13.2 Å². The van der Waals surface area contributed by atoms with Crippen molar-refractivity contribution in [2.75, 3.05) is 43.1 Å². The van der Waals surface area contributed by atoms with E-state index in [0.717, 1.165) is 82.0 Å². The van der Waals surface area contributed by atoms with Gasteiger partial charge in [-0.25, -0.2) is 8.78 Å². The van der Waals surface area contributed by atoms with E-state index in [1.807, 2.05) is 47.8 Å². The Morgan fingerprint density at radius 3 is 2.15 bits per heavy atom. The van der Waals surface area contributed by atoms with Crippen LogP contribution >= 0.6 is 23.5 Å². The standard InChI is InChI=1S/C39H38N2O3S3/c1-3-22-41(24-26-46-32-14-8-5-9-15-32)30-19-21-34-37(28-30)44-36-27-29(40(2)23-25-45-31-12-6-4-7-13-31)18-20-33(36)39(34)35-16-10-11-17-38(35)47(42)43/h4-21,27-28H,3,22-26H2,1-2H3/p+1. The molecule has 0 fully saturated rings. The number of rotatable bonds is 13. The first kappa shape index (κ1) is 33.1. The molecule has 0 amide bonds. The summed E-state index contributed by atoms with van der Waals surface area (Å²) in [6.45, 7) is 4.91. The Hall–Kier alpha value is -3.82. The van der Waals surface area contributed by atoms with Gasteiger partial charge < -0.3 is 13.9 Å². The number of nitrogens with zero attached hydrogens (tertiary/aromatic N) is 2. The maximum atomic E-state index is 12.5. The molecule has 0 saturated heterocycles. The molecule has 1 aliphatic heterocycles. The van der Waals surface area contributed by atoms with E-state index in [1.165, 1.54) is 9.79 Å². The first-order valence-electron chi connectivity index (χ1n) is 15.9. The summed E-state index contributed by atoms with van der Waals surface area (Å²) in [5.41, 5.74) is 4.40. The summed E-state index contributed by atoms with van der Waals surface area (Å²) in [6.07, 6.45) is 1.03. The summed E-state index contributed by atoms with van der Waals surface area (Å²) < 4.78 is 31.7. The first-order valence-corrected chi connectivity index (χ1v) is 19.0. The van der Waals surface area contributed by atoms with Crippen LogP contribution in [-0.2, 0) is 11.1 Å². The minimum absolute atomic E-state index is 0.384. The molecule has 6 rings (SSSR count). The van der Waals surface area contributed by atoms with E-state index in [-0.39, 0.29) is 0 Å². The van der Waals surface area contributed by atoms with Crippen LogP contribution in [-0.4, -0.2) is 46.9 Å². The van der Waals surface area contributed by atoms with E-state index >= 15 is 0 Å². The number of hydrogen-bond donors (Lipinski definition) is 1. The Bertz CT molecular complexity index is 2010. The van der Waals surface area contributed by atoms with Crippen LogP contribution in [0.4, 0.5) is 5.69 Å². The number of thioether (sulfide) groups is 2. The Labute approximate surface area is 288 Å². The summed E-state index contributed by atoms with van der Waals surface area (Å²) in [5, 5.41) is 1.97. The molecular weight excluding hydrogens is 641 g/mol. The summed E-state index contributed by atoms with van der Waals surface area (Å²) in [7, 11) is 2.10. The molecule has 4 aromatic carbocycles. The first-order chi connectivity index (χ1) is 23.0. The molecule has 1 unspecified atom stereocenters. The third-order valence-electron chi connectivity index (χ3n) is 8.14. The summed E-state index contributed by atoms with van der Waals surface area (Å²) >= 11 is 1.56. The average molecular weight is 680 g/mol. The summed E-state index contributed by atoms with van der Waals surface area (Å²) in [4.78, 5) is 5.33. The lowest BCUT2D eigenvalue weighted by atomic mass is 9.93. The van der Waals surface area contributed by atoms with Crippen molar-refractivity contribution >= 4 is 51.3 Å². The lowest BCUT2D eigenvalue weighted by Gasteiger charge is -2.25. The molecule has 1 heterocycles. The summed E-state index contributed by atoms with van der Waals surface area (Å²) in [6, 6.07) is 41.0. The molecule has 8 heteroatoms. The molecule has 0 spiro atoms. The molecular formula is C39H39N2O3S3+. The lowest BCUT2D eigenvalue weighted by Crippen LogP contribution is -2.28. The molecule has 1 atom stereocenters. The zero-order chi connectivity index (χ0) is 32.6. The van der Waals surface area contributed by atoms with Crippen LogP contribution < -0.4 is 14.8 Å². The van der Waals surface area contributed by atoms with Crippen molar-refractivity contribution in [2.45, 2.75) is 28.0 Å². The zero-order valence-electron chi connectivity index (χ0n) is 26.7. The van der Waals surface area contributed by atoms with Gasteiger partial charge in [0.1, 0.15) is 18.4 Å². The van der Waals surface area contributed by atoms with Crippen LogP contribution in [0.2, 0.25) is 0 Å². The van der Waals surface area contributed by atoms with Crippen LogP contribution in [0.15, 0.2) is 140 Å². The van der Waals surface area contributed by atoms with Crippen molar-refractivity contribution in [3.8, 4) is 22.5 Å². The van der Waals surface area contributed by atoms with Crippen molar-refractivity contribution in [3.63, 3.8) is 0 Å². The van der Waals surface area contributed by atoms with Gasteiger partial charge in [-0.2, -0.15) is 0 Å². The van der Waals surface area contributed by atoms with E-state index in [9.17, 15) is 8.76 Å². The molecule has 1 N–H and O–H groups in total. The quantitative estimate of drug-likeness (QED) is 0.0569. The highest BCUT2D eigenvalue weighted by atomic mass is 32.2. The van der Waals surface area contributed by atoms with Gasteiger partial charge in [0, 0.05) is 68.5 Å². The molecule has 0 aromatic heterocycles. The number of benzene rings is 5. The van der Waals surface area contributed by atoms with Crippen LogP contribution in [0.3, 0.4) is 0 Å². The van der Waals surface area contributed by atoms with Crippen LogP contribution in [0.1, 0.15) is 13.3 Å². The van der Waals surface area contributed by atoms with Crippen molar-refractivity contribution in [1.29, 1.82) is 0 Å². The zero-order valence-corrected chi connectivity index (χ0v) is 29.1. The van der Waals surface area contributed by atoms with Crippen LogP contribution in [0.25, 0.3) is 33.4 Å². The smallest absolute Gasteiger partial charge is 0.203 e. The molecule has 0 bridgehead atoms. The highest BCUT2D eigenvalue weighted by molar-refractivity contribution is 7.99. The monoisotopic (exact) mass is 679 g/mol. The molecule has 1 aliphatic carbocycles. The normalized spacial score (nSPS) is 12.7. The van der Waals surface area contributed by atoms with Gasteiger partial charge in [-0.3, -0.25) is 0 Å². The molecule has 2 aliphatic rings. The number of hydrogen-bond acceptors (Lipinski definition) is 5. The van der Waals surface area contributed by atoms with E-state index in [2.05, 4.69) is 108 Å².